The molecule has 4 aromatic rings. The van der Waals surface area contributed by atoms with Crippen LogP contribution in [0.25, 0.3) is 0 Å². The van der Waals surface area contributed by atoms with Gasteiger partial charge in [-0.15, -0.1) is 0 Å². The van der Waals surface area contributed by atoms with Gasteiger partial charge in [0, 0.05) is 7.14 Å². The summed E-state index contributed by atoms with van der Waals surface area (Å²) in [5.41, 5.74) is 0. The number of aromatic hydroxyl groups is 2. The van der Waals surface area contributed by atoms with Crippen LogP contribution in [0.1, 0.15) is 0 Å². The Bertz CT molecular complexity index is 662. The number of benzene rings is 2. The third-order valence-electron chi connectivity index (χ3n) is 2.73. The Hall–Kier alpha value is -0.917. The van der Waals surface area contributed by atoms with Crippen LogP contribution >= 0.6 is 45.2 Å². The Morgan fingerprint density at radius 1 is 0.556 bits per heavy atom. The van der Waals surface area contributed by atoms with Gasteiger partial charge in [-0.3, -0.25) is 0 Å². The summed E-state index contributed by atoms with van der Waals surface area (Å²) in [6.45, 7) is 0. The van der Waals surface area contributed by atoms with Gasteiger partial charge in [-0.2, -0.15) is 36.4 Å². The number of halogens is 2. The van der Waals surface area contributed by atoms with Crippen molar-refractivity contribution in [1.29, 1.82) is 0 Å². The topological polar surface area (TPSA) is 40.5 Å². The maximum Gasteiger partial charge on any atom is 2.00 e. The number of hydrogen-bond acceptors (Lipinski definition) is 2. The summed E-state index contributed by atoms with van der Waals surface area (Å²) < 4.78 is 2.12. The Labute approximate surface area is 207 Å². The zero-order valence-corrected chi connectivity index (χ0v) is 21.3. The molecule has 4 aromatic carbocycles. The number of phenolic OH excluding ortho intramolecular Hbond substituents is 2. The minimum absolute atomic E-state index is 0. The van der Waals surface area contributed by atoms with Crippen LogP contribution in [0.5, 0.6) is 11.5 Å². The fourth-order valence-electron chi connectivity index (χ4n) is 1.59. The minimum atomic E-state index is 0. The van der Waals surface area contributed by atoms with Crippen molar-refractivity contribution >= 4 is 45.2 Å². The molecule has 0 unspecified atom stereocenters. The van der Waals surface area contributed by atoms with Gasteiger partial charge in [-0.05, 0) is 81.6 Å². The molecule has 0 bridgehead atoms. The molecule has 4 rings (SSSR count). The van der Waals surface area contributed by atoms with E-state index in [1.165, 1.54) is 0 Å². The van der Waals surface area contributed by atoms with Crippen LogP contribution in [0, 0.1) is 7.14 Å². The first kappa shape index (κ1) is 26.1. The largest absolute Gasteiger partial charge is 2.00 e. The van der Waals surface area contributed by atoms with E-state index < -0.39 is 0 Å². The van der Waals surface area contributed by atoms with E-state index >= 15 is 0 Å². The van der Waals surface area contributed by atoms with E-state index in [1.54, 1.807) is 24.3 Å². The summed E-state index contributed by atoms with van der Waals surface area (Å²) in [6.07, 6.45) is 0. The first-order valence-corrected chi connectivity index (χ1v) is 9.96. The van der Waals surface area contributed by atoms with Crippen molar-refractivity contribution in [1.82, 2.24) is 0 Å². The molecule has 2 nitrogen and oxygen atoms in total. The molecular formula is C22H20I2O2Zr. The molecule has 0 saturated carbocycles. The molecule has 0 spiro atoms. The fourth-order valence-corrected chi connectivity index (χ4v) is 2.65. The molecular weight excluding hydrogens is 641 g/mol. The SMILES string of the molecule is Oc1cccc(I)c1.Oc1cccc(I)c1.[Zr+2].c1cc[cH-]c1.c1cc[cH-]c1. The summed E-state index contributed by atoms with van der Waals surface area (Å²) in [6, 6.07) is 34.2. The van der Waals surface area contributed by atoms with Gasteiger partial charge in [0.1, 0.15) is 11.5 Å². The molecule has 0 radical (unpaired) electrons. The molecule has 0 heterocycles. The van der Waals surface area contributed by atoms with Crippen LogP contribution in [0.2, 0.25) is 0 Å². The normalized spacial score (nSPS) is 8.37. The van der Waals surface area contributed by atoms with Gasteiger partial charge in [0.05, 0.1) is 0 Å². The van der Waals surface area contributed by atoms with E-state index in [9.17, 15) is 0 Å². The van der Waals surface area contributed by atoms with Gasteiger partial charge < -0.3 is 10.2 Å². The van der Waals surface area contributed by atoms with Crippen molar-refractivity contribution in [3.8, 4) is 11.5 Å². The smallest absolute Gasteiger partial charge is 0.508 e. The molecule has 138 valence electrons. The van der Waals surface area contributed by atoms with Crippen LogP contribution in [0.3, 0.4) is 0 Å². The van der Waals surface area contributed by atoms with Crippen molar-refractivity contribution in [2.24, 2.45) is 0 Å². The quantitative estimate of drug-likeness (QED) is 0.161. The number of hydrogen-bond donors (Lipinski definition) is 2. The molecule has 2 N–H and O–H groups in total. The summed E-state index contributed by atoms with van der Waals surface area (Å²) in [5.74, 6) is 0.661. The van der Waals surface area contributed by atoms with Crippen molar-refractivity contribution < 1.29 is 36.4 Å². The third kappa shape index (κ3) is 15.8. The van der Waals surface area contributed by atoms with Gasteiger partial charge in [-0.25, -0.2) is 24.3 Å². The fraction of sp³-hybridized carbons (Fsp3) is 0. The van der Waals surface area contributed by atoms with Gasteiger partial charge in [0.2, 0.25) is 0 Å². The average Bonchev–Trinajstić information content (AvgIpc) is 3.34. The van der Waals surface area contributed by atoms with Gasteiger partial charge >= 0.3 is 26.2 Å². The molecule has 0 aliphatic heterocycles. The van der Waals surface area contributed by atoms with Crippen LogP contribution in [0.15, 0.2) is 109 Å². The van der Waals surface area contributed by atoms with Crippen molar-refractivity contribution in [3.05, 3.63) is 116 Å². The Kier molecular flexibility index (Phi) is 16.6. The van der Waals surface area contributed by atoms with E-state index in [4.69, 9.17) is 10.2 Å². The predicted molar refractivity (Wildman–Crippen MR) is 126 cm³/mol. The number of phenols is 2. The first-order chi connectivity index (χ1) is 12.6. The van der Waals surface area contributed by atoms with Gasteiger partial charge in [-0.1, -0.05) is 12.1 Å². The van der Waals surface area contributed by atoms with E-state index in [2.05, 4.69) is 45.2 Å². The third-order valence-corrected chi connectivity index (χ3v) is 4.07. The summed E-state index contributed by atoms with van der Waals surface area (Å²) >= 11 is 4.29. The second kappa shape index (κ2) is 17.2. The van der Waals surface area contributed by atoms with E-state index in [0.29, 0.717) is 11.5 Å². The molecule has 0 atom stereocenters. The molecule has 0 fully saturated rings. The zero-order chi connectivity index (χ0) is 19.0. The van der Waals surface area contributed by atoms with Crippen LogP contribution in [0.4, 0.5) is 0 Å². The van der Waals surface area contributed by atoms with E-state index in [-0.39, 0.29) is 26.2 Å². The summed E-state index contributed by atoms with van der Waals surface area (Å²) in [5, 5.41) is 17.6. The maximum absolute atomic E-state index is 8.81. The second-order valence-electron chi connectivity index (χ2n) is 4.88. The minimum Gasteiger partial charge on any atom is -0.508 e. The molecule has 0 aromatic heterocycles. The summed E-state index contributed by atoms with van der Waals surface area (Å²) in [4.78, 5) is 0. The molecule has 0 aliphatic rings. The van der Waals surface area contributed by atoms with Crippen LogP contribution in [-0.2, 0) is 26.2 Å². The summed E-state index contributed by atoms with van der Waals surface area (Å²) in [7, 11) is 0. The number of rotatable bonds is 0. The van der Waals surface area contributed by atoms with E-state index in [1.807, 2.05) is 84.9 Å². The maximum atomic E-state index is 8.81. The molecule has 27 heavy (non-hydrogen) atoms. The second-order valence-corrected chi connectivity index (χ2v) is 7.38. The molecule has 5 heteroatoms. The van der Waals surface area contributed by atoms with Crippen LogP contribution in [-0.4, -0.2) is 10.2 Å². The van der Waals surface area contributed by atoms with Crippen molar-refractivity contribution in [2.45, 2.75) is 0 Å². The Balaban J connectivity index is 0.000000337. The first-order valence-electron chi connectivity index (χ1n) is 7.80. The van der Waals surface area contributed by atoms with Gasteiger partial charge in [0.15, 0.2) is 0 Å². The Morgan fingerprint density at radius 2 is 0.889 bits per heavy atom. The van der Waals surface area contributed by atoms with Crippen molar-refractivity contribution in [2.75, 3.05) is 0 Å². The molecule has 0 saturated heterocycles. The van der Waals surface area contributed by atoms with Crippen LogP contribution < -0.4 is 0 Å². The average molecular weight is 661 g/mol. The van der Waals surface area contributed by atoms with Crippen molar-refractivity contribution in [3.63, 3.8) is 0 Å². The predicted octanol–water partition coefficient (Wildman–Crippen LogP) is 6.80. The van der Waals surface area contributed by atoms with E-state index in [0.717, 1.165) is 7.14 Å². The monoisotopic (exact) mass is 660 g/mol. The Morgan fingerprint density at radius 3 is 1.04 bits per heavy atom. The van der Waals surface area contributed by atoms with Gasteiger partial charge in [0.25, 0.3) is 0 Å². The molecule has 0 aliphatic carbocycles. The standard InChI is InChI=1S/2C6H5IO.2C5H5.Zr/c2*7-5-2-1-3-6(8)4-5;2*1-2-4-5-3-1;/h2*1-4,8H;2*1-5H;/q;;2*-1;+2. The molecule has 0 amide bonds. The zero-order valence-electron chi connectivity index (χ0n) is 14.5.